The summed E-state index contributed by atoms with van der Waals surface area (Å²) in [5.41, 5.74) is 6.11. The van der Waals surface area contributed by atoms with Crippen molar-refractivity contribution in [3.05, 3.63) is 59.9 Å². The van der Waals surface area contributed by atoms with E-state index in [0.29, 0.717) is 44.5 Å². The van der Waals surface area contributed by atoms with Crippen molar-refractivity contribution in [1.82, 2.24) is 40.0 Å². The third-order valence-corrected chi connectivity index (χ3v) is 7.23. The molecular formula is C27H23N9O2S. The molecule has 194 valence electrons. The molecule has 0 radical (unpaired) electrons. The number of aromatic amines is 2. The van der Waals surface area contributed by atoms with Gasteiger partial charge in [0.2, 0.25) is 5.91 Å². The number of ketones is 1. The molecule has 0 saturated heterocycles. The zero-order chi connectivity index (χ0) is 27.1. The number of rotatable bonds is 7. The minimum atomic E-state index is -0.127. The number of nitrogens with zero attached hydrogens (tertiary/aromatic N) is 6. The van der Waals surface area contributed by atoms with Crippen LogP contribution in [-0.2, 0) is 4.79 Å². The van der Waals surface area contributed by atoms with Crippen molar-refractivity contribution >= 4 is 50.9 Å². The Morgan fingerprint density at radius 3 is 2.72 bits per heavy atom. The maximum atomic E-state index is 12.2. The van der Waals surface area contributed by atoms with Crippen LogP contribution in [0, 0.1) is 0 Å². The minimum Gasteiger partial charge on any atom is -0.324 e. The van der Waals surface area contributed by atoms with Crippen molar-refractivity contribution in [3.8, 4) is 33.2 Å². The number of H-pyrrole nitrogens is 2. The smallest absolute Gasteiger partial charge is 0.238 e. The summed E-state index contributed by atoms with van der Waals surface area (Å²) in [4.78, 5) is 49.1. The van der Waals surface area contributed by atoms with Crippen molar-refractivity contribution in [2.75, 3.05) is 26.0 Å². The molecule has 6 aromatic rings. The Hall–Kier alpha value is -4.81. The first-order chi connectivity index (χ1) is 18.9. The van der Waals surface area contributed by atoms with Gasteiger partial charge in [0.1, 0.15) is 11.0 Å². The maximum absolute atomic E-state index is 12.2. The number of hydrogen-bond donors (Lipinski definition) is 3. The van der Waals surface area contributed by atoms with E-state index in [4.69, 9.17) is 9.97 Å². The van der Waals surface area contributed by atoms with Crippen LogP contribution in [0.5, 0.6) is 0 Å². The third kappa shape index (κ3) is 4.78. The van der Waals surface area contributed by atoms with E-state index in [9.17, 15) is 9.59 Å². The van der Waals surface area contributed by atoms with Gasteiger partial charge in [-0.15, -0.1) is 11.3 Å². The zero-order valence-electron chi connectivity index (χ0n) is 21.3. The molecule has 0 aliphatic carbocycles. The van der Waals surface area contributed by atoms with Gasteiger partial charge >= 0.3 is 0 Å². The molecule has 0 bridgehead atoms. The predicted octanol–water partition coefficient (Wildman–Crippen LogP) is 4.39. The van der Waals surface area contributed by atoms with Crippen LogP contribution in [0.2, 0.25) is 0 Å². The van der Waals surface area contributed by atoms with Gasteiger partial charge in [0.25, 0.3) is 0 Å². The van der Waals surface area contributed by atoms with Crippen molar-refractivity contribution in [3.63, 3.8) is 0 Å². The van der Waals surface area contributed by atoms with E-state index in [-0.39, 0.29) is 18.2 Å². The number of aromatic nitrogens is 7. The number of Topliss-reactive ketones (excluding diaryl/α,β-unsaturated/α-hetero) is 1. The molecule has 11 nitrogen and oxygen atoms in total. The third-order valence-electron chi connectivity index (χ3n) is 6.01. The summed E-state index contributed by atoms with van der Waals surface area (Å²) < 4.78 is 0. The highest BCUT2D eigenvalue weighted by Gasteiger charge is 2.18. The Bertz CT molecular complexity index is 1870. The number of thiophene rings is 1. The van der Waals surface area contributed by atoms with Gasteiger partial charge in [-0.05, 0) is 57.4 Å². The number of likely N-dealkylation sites (N-methyl/N-ethyl adjacent to an activating group) is 1. The van der Waals surface area contributed by atoms with E-state index in [2.05, 4.69) is 30.5 Å². The fourth-order valence-corrected chi connectivity index (χ4v) is 5.18. The Morgan fingerprint density at radius 2 is 1.92 bits per heavy atom. The average Bonchev–Trinajstić information content (AvgIpc) is 3.65. The predicted molar refractivity (Wildman–Crippen MR) is 151 cm³/mol. The van der Waals surface area contributed by atoms with Crippen LogP contribution in [0.3, 0.4) is 0 Å². The molecule has 3 N–H and O–H groups in total. The normalized spacial score (nSPS) is 11.5. The van der Waals surface area contributed by atoms with Crippen LogP contribution in [0.4, 0.5) is 5.69 Å². The number of carbonyl (C=O) groups is 2. The van der Waals surface area contributed by atoms with Gasteiger partial charge in [-0.2, -0.15) is 5.10 Å². The molecule has 0 fully saturated rings. The molecule has 6 aromatic heterocycles. The van der Waals surface area contributed by atoms with Crippen LogP contribution in [0.25, 0.3) is 55.4 Å². The second kappa shape index (κ2) is 9.82. The van der Waals surface area contributed by atoms with Crippen molar-refractivity contribution in [1.29, 1.82) is 0 Å². The van der Waals surface area contributed by atoms with Crippen molar-refractivity contribution < 1.29 is 9.59 Å². The Labute approximate surface area is 226 Å². The summed E-state index contributed by atoms with van der Waals surface area (Å²) in [7, 11) is 3.67. The molecule has 0 aliphatic rings. The molecule has 0 atom stereocenters. The Morgan fingerprint density at radius 1 is 1.05 bits per heavy atom. The van der Waals surface area contributed by atoms with E-state index in [1.54, 1.807) is 30.4 Å². The van der Waals surface area contributed by atoms with E-state index in [0.717, 1.165) is 21.5 Å². The van der Waals surface area contributed by atoms with Crippen LogP contribution in [0.15, 0.2) is 55.0 Å². The lowest BCUT2D eigenvalue weighted by Crippen LogP contribution is -2.27. The summed E-state index contributed by atoms with van der Waals surface area (Å²) in [6, 6.07) is 11.2. The van der Waals surface area contributed by atoms with Gasteiger partial charge in [0, 0.05) is 28.4 Å². The molecule has 6 heterocycles. The number of anilines is 1. The second-order valence-electron chi connectivity index (χ2n) is 9.27. The highest BCUT2D eigenvalue weighted by Crippen LogP contribution is 2.34. The first-order valence-electron chi connectivity index (χ1n) is 12.1. The number of carbonyl (C=O) groups excluding carboxylic acids is 2. The number of hydrogen-bond acceptors (Lipinski definition) is 9. The largest absolute Gasteiger partial charge is 0.324 e. The maximum Gasteiger partial charge on any atom is 0.238 e. The molecule has 0 aromatic carbocycles. The SMILES string of the molecule is CC(=O)c1ccc(-c2ccnc3[nH]c(-c4n[nH]c5ccc(-c6cncc(NC(=O)CN(C)C)c6)nc45)nc23)s1. The van der Waals surface area contributed by atoms with Crippen LogP contribution in [0.1, 0.15) is 16.6 Å². The van der Waals surface area contributed by atoms with Gasteiger partial charge in [-0.25, -0.2) is 15.0 Å². The molecule has 12 heteroatoms. The molecule has 0 spiro atoms. The number of nitrogens with one attached hydrogen (secondary N) is 3. The van der Waals surface area contributed by atoms with E-state index in [1.807, 2.05) is 50.5 Å². The quantitative estimate of drug-likeness (QED) is 0.254. The first-order valence-corrected chi connectivity index (χ1v) is 12.9. The summed E-state index contributed by atoms with van der Waals surface area (Å²) in [5, 5.41) is 10.4. The van der Waals surface area contributed by atoms with Gasteiger partial charge in [-0.3, -0.25) is 19.7 Å². The fraction of sp³-hybridized carbons (Fsp3) is 0.148. The first kappa shape index (κ1) is 24.5. The van der Waals surface area contributed by atoms with E-state index < -0.39 is 0 Å². The van der Waals surface area contributed by atoms with Gasteiger partial charge in [0.15, 0.2) is 22.9 Å². The molecule has 6 rings (SSSR count). The number of fused-ring (bicyclic) bond motifs is 2. The molecule has 0 aliphatic heterocycles. The Kier molecular flexibility index (Phi) is 6.17. The summed E-state index contributed by atoms with van der Waals surface area (Å²) in [6.45, 7) is 1.83. The molecule has 0 unspecified atom stereocenters. The van der Waals surface area contributed by atoms with Crippen LogP contribution >= 0.6 is 11.3 Å². The molecule has 39 heavy (non-hydrogen) atoms. The molecular weight excluding hydrogens is 514 g/mol. The lowest BCUT2D eigenvalue weighted by Gasteiger charge is -2.10. The highest BCUT2D eigenvalue weighted by molar-refractivity contribution is 7.17. The average molecular weight is 538 g/mol. The number of amides is 1. The second-order valence-corrected chi connectivity index (χ2v) is 10.4. The van der Waals surface area contributed by atoms with Gasteiger partial charge in [-0.1, -0.05) is 0 Å². The summed E-state index contributed by atoms with van der Waals surface area (Å²) in [5.74, 6) is 0.422. The lowest BCUT2D eigenvalue weighted by atomic mass is 10.1. The minimum absolute atomic E-state index is 0.0285. The van der Waals surface area contributed by atoms with Crippen molar-refractivity contribution in [2.24, 2.45) is 0 Å². The zero-order valence-corrected chi connectivity index (χ0v) is 22.1. The lowest BCUT2D eigenvalue weighted by molar-refractivity contribution is -0.116. The van der Waals surface area contributed by atoms with Crippen LogP contribution in [-0.4, -0.2) is 72.3 Å². The van der Waals surface area contributed by atoms with Gasteiger partial charge < -0.3 is 15.2 Å². The monoisotopic (exact) mass is 537 g/mol. The Balaban J connectivity index is 1.37. The number of imidazole rings is 1. The highest BCUT2D eigenvalue weighted by atomic mass is 32.1. The summed E-state index contributed by atoms with van der Waals surface area (Å²) >= 11 is 1.43. The molecule has 1 amide bonds. The van der Waals surface area contributed by atoms with Crippen LogP contribution < -0.4 is 5.32 Å². The van der Waals surface area contributed by atoms with Gasteiger partial charge in [0.05, 0.1) is 34.5 Å². The van der Waals surface area contributed by atoms with E-state index >= 15 is 0 Å². The number of pyridine rings is 3. The van der Waals surface area contributed by atoms with E-state index in [1.165, 1.54) is 11.3 Å². The fourth-order valence-electron chi connectivity index (χ4n) is 4.25. The topological polar surface area (TPSA) is 145 Å². The van der Waals surface area contributed by atoms with Crippen molar-refractivity contribution in [2.45, 2.75) is 6.92 Å². The summed E-state index contributed by atoms with van der Waals surface area (Å²) in [6.07, 6.45) is 5.01. The standard InChI is InChI=1S/C27H23N9O2S/c1-14(37)20-6-7-21(39-20)17-8-9-29-26-23(17)32-27(33-26)25-24-19(34-35-25)5-4-18(31-24)15-10-16(12-28-11-15)30-22(38)13-36(2)3/h4-12H,13H2,1-3H3,(H,30,38)(H,34,35)(H,29,32,33). The molecule has 0 saturated carbocycles.